The van der Waals surface area contributed by atoms with E-state index in [0.717, 1.165) is 64.2 Å². The highest BCUT2D eigenvalue weighted by Crippen LogP contribution is 2.33. The molecule has 32 heavy (non-hydrogen) atoms. The Morgan fingerprint density at radius 2 is 1.22 bits per heavy atom. The number of carbonyl (C=O) groups excluding carboxylic acids is 2. The molecule has 2 aliphatic carbocycles. The lowest BCUT2D eigenvalue weighted by Gasteiger charge is -2.27. The first kappa shape index (κ1) is 22.6. The van der Waals surface area contributed by atoms with E-state index in [1.807, 2.05) is 42.5 Å². The van der Waals surface area contributed by atoms with Gasteiger partial charge in [-0.2, -0.15) is 0 Å². The number of hydrogen-bond donors (Lipinski definition) is 0. The summed E-state index contributed by atoms with van der Waals surface area (Å²) in [6.07, 6.45) is 11.5. The van der Waals surface area contributed by atoms with E-state index < -0.39 is 0 Å². The van der Waals surface area contributed by atoms with Gasteiger partial charge in [0.15, 0.2) is 0 Å². The summed E-state index contributed by atoms with van der Waals surface area (Å²) in [6.45, 7) is 0. The van der Waals surface area contributed by atoms with E-state index in [2.05, 4.69) is 12.1 Å². The lowest BCUT2D eigenvalue weighted by Crippen LogP contribution is -2.25. The number of esters is 2. The summed E-state index contributed by atoms with van der Waals surface area (Å²) in [7, 11) is 0. The number of hydrogen-bond acceptors (Lipinski definition) is 4. The molecule has 0 spiro atoms. The predicted octanol–water partition coefficient (Wildman–Crippen LogP) is 6.52. The lowest BCUT2D eigenvalue weighted by molar-refractivity contribution is -0.141. The van der Waals surface area contributed by atoms with Crippen LogP contribution >= 0.6 is 0 Å². The van der Waals surface area contributed by atoms with Crippen LogP contribution in [-0.2, 0) is 16.0 Å². The van der Waals surface area contributed by atoms with Crippen molar-refractivity contribution < 1.29 is 19.1 Å². The Labute approximate surface area is 191 Å². The van der Waals surface area contributed by atoms with Crippen LogP contribution in [0.3, 0.4) is 0 Å². The van der Waals surface area contributed by atoms with Gasteiger partial charge in [-0.1, -0.05) is 49.6 Å². The Kier molecular flexibility index (Phi) is 7.97. The molecule has 4 heteroatoms. The number of carbonyl (C=O) groups is 2. The van der Waals surface area contributed by atoms with Gasteiger partial charge in [0.1, 0.15) is 11.5 Å². The number of benzene rings is 2. The number of rotatable bonds is 7. The zero-order valence-electron chi connectivity index (χ0n) is 18.8. The van der Waals surface area contributed by atoms with Crippen molar-refractivity contribution in [1.82, 2.24) is 0 Å². The van der Waals surface area contributed by atoms with Gasteiger partial charge in [0, 0.05) is 0 Å². The third-order valence-corrected chi connectivity index (χ3v) is 7.06. The summed E-state index contributed by atoms with van der Waals surface area (Å²) in [5.74, 6) is 1.87. The van der Waals surface area contributed by atoms with Gasteiger partial charge in [0.25, 0.3) is 0 Å². The molecule has 0 heterocycles. The van der Waals surface area contributed by atoms with Crippen LogP contribution in [0.2, 0.25) is 0 Å². The molecule has 0 N–H and O–H groups in total. The van der Waals surface area contributed by atoms with Gasteiger partial charge in [-0.3, -0.25) is 9.59 Å². The van der Waals surface area contributed by atoms with Crippen LogP contribution in [-0.4, -0.2) is 11.9 Å². The summed E-state index contributed by atoms with van der Waals surface area (Å²) in [4.78, 5) is 24.7. The van der Waals surface area contributed by atoms with Crippen molar-refractivity contribution in [2.24, 2.45) is 17.8 Å². The van der Waals surface area contributed by atoms with E-state index in [-0.39, 0.29) is 23.8 Å². The van der Waals surface area contributed by atoms with Gasteiger partial charge >= 0.3 is 11.9 Å². The molecule has 0 saturated heterocycles. The fraction of sp³-hybridized carbons (Fsp3) is 0.500. The maximum atomic E-state index is 12.4. The molecular weight excluding hydrogens is 400 g/mol. The third kappa shape index (κ3) is 6.44. The standard InChI is InChI=1S/C28H34O4/c29-27(23-7-3-1-4-8-23)32-26-19-15-22(16-20-26)12-11-21-13-17-24(18-14-21)28(30)31-25-9-5-2-6-10-25/h2,5-6,9-10,15-16,19-21,23-24H,1,3-4,7-8,11-14,17-18H2. The Morgan fingerprint density at radius 3 is 1.84 bits per heavy atom. The highest BCUT2D eigenvalue weighted by Gasteiger charge is 2.27. The van der Waals surface area contributed by atoms with Crippen LogP contribution in [0.4, 0.5) is 0 Å². The van der Waals surface area contributed by atoms with Crippen molar-refractivity contribution >= 4 is 11.9 Å². The quantitative estimate of drug-likeness (QED) is 0.368. The fourth-order valence-electron chi connectivity index (χ4n) is 5.01. The zero-order valence-corrected chi connectivity index (χ0v) is 18.8. The van der Waals surface area contributed by atoms with Crippen molar-refractivity contribution in [3.05, 3.63) is 60.2 Å². The average Bonchev–Trinajstić information content (AvgIpc) is 2.85. The molecule has 2 saturated carbocycles. The highest BCUT2D eigenvalue weighted by atomic mass is 16.5. The van der Waals surface area contributed by atoms with E-state index in [4.69, 9.17) is 9.47 Å². The van der Waals surface area contributed by atoms with Crippen molar-refractivity contribution in [3.8, 4) is 11.5 Å². The largest absolute Gasteiger partial charge is 0.426 e. The molecular formula is C28H34O4. The van der Waals surface area contributed by atoms with E-state index in [1.54, 1.807) is 0 Å². The molecule has 0 amide bonds. The lowest BCUT2D eigenvalue weighted by atomic mass is 9.79. The van der Waals surface area contributed by atoms with E-state index in [0.29, 0.717) is 17.4 Å². The Bertz CT molecular complexity index is 860. The summed E-state index contributed by atoms with van der Waals surface area (Å²) in [6, 6.07) is 17.3. The molecule has 170 valence electrons. The SMILES string of the molecule is O=C(Oc1ccc(CCC2CCC(C(=O)Oc3ccccc3)CC2)cc1)C1CCCCC1. The monoisotopic (exact) mass is 434 g/mol. The number of para-hydroxylation sites is 1. The van der Waals surface area contributed by atoms with Crippen molar-refractivity contribution in [2.45, 2.75) is 70.6 Å². The summed E-state index contributed by atoms with van der Waals surface area (Å²) >= 11 is 0. The minimum absolute atomic E-state index is 0.0181. The van der Waals surface area contributed by atoms with E-state index >= 15 is 0 Å². The summed E-state index contributed by atoms with van der Waals surface area (Å²) in [5.41, 5.74) is 1.27. The zero-order chi connectivity index (χ0) is 22.2. The highest BCUT2D eigenvalue weighted by molar-refractivity contribution is 5.75. The van der Waals surface area contributed by atoms with Crippen molar-refractivity contribution in [3.63, 3.8) is 0 Å². The minimum Gasteiger partial charge on any atom is -0.426 e. The smallest absolute Gasteiger partial charge is 0.314 e. The second kappa shape index (κ2) is 11.3. The molecule has 0 aromatic heterocycles. The molecule has 4 rings (SSSR count). The molecule has 0 radical (unpaired) electrons. The van der Waals surface area contributed by atoms with Crippen LogP contribution < -0.4 is 9.47 Å². The molecule has 0 atom stereocenters. The van der Waals surface area contributed by atoms with Gasteiger partial charge in [-0.05, 0) is 87.1 Å². The minimum atomic E-state index is -0.0898. The topological polar surface area (TPSA) is 52.6 Å². The molecule has 2 aromatic carbocycles. The molecule has 2 aliphatic rings. The number of aryl methyl sites for hydroxylation is 1. The summed E-state index contributed by atoms with van der Waals surface area (Å²) < 4.78 is 11.1. The normalized spacial score (nSPS) is 21.6. The molecule has 0 bridgehead atoms. The van der Waals surface area contributed by atoms with Gasteiger partial charge in [-0.15, -0.1) is 0 Å². The molecule has 0 unspecified atom stereocenters. The Hall–Kier alpha value is -2.62. The van der Waals surface area contributed by atoms with Gasteiger partial charge in [0.2, 0.25) is 0 Å². The van der Waals surface area contributed by atoms with Crippen LogP contribution in [0.15, 0.2) is 54.6 Å². The van der Waals surface area contributed by atoms with E-state index in [9.17, 15) is 9.59 Å². The fourth-order valence-corrected chi connectivity index (χ4v) is 5.01. The van der Waals surface area contributed by atoms with Crippen molar-refractivity contribution in [1.29, 1.82) is 0 Å². The third-order valence-electron chi connectivity index (χ3n) is 7.06. The predicted molar refractivity (Wildman–Crippen MR) is 124 cm³/mol. The number of ether oxygens (including phenoxy) is 2. The second-order valence-corrected chi connectivity index (χ2v) is 9.39. The first-order valence-corrected chi connectivity index (χ1v) is 12.2. The molecule has 4 nitrogen and oxygen atoms in total. The first-order chi connectivity index (χ1) is 15.7. The Balaban J connectivity index is 1.17. The Morgan fingerprint density at radius 1 is 0.656 bits per heavy atom. The van der Waals surface area contributed by atoms with Crippen LogP contribution in [0.25, 0.3) is 0 Å². The van der Waals surface area contributed by atoms with Gasteiger partial charge in [-0.25, -0.2) is 0 Å². The summed E-state index contributed by atoms with van der Waals surface area (Å²) in [5, 5.41) is 0. The van der Waals surface area contributed by atoms with Gasteiger partial charge < -0.3 is 9.47 Å². The van der Waals surface area contributed by atoms with Crippen LogP contribution in [0.1, 0.15) is 69.8 Å². The average molecular weight is 435 g/mol. The van der Waals surface area contributed by atoms with Crippen LogP contribution in [0, 0.1) is 17.8 Å². The molecule has 2 aromatic rings. The second-order valence-electron chi connectivity index (χ2n) is 9.39. The van der Waals surface area contributed by atoms with E-state index in [1.165, 1.54) is 12.0 Å². The molecule has 2 fully saturated rings. The molecule has 0 aliphatic heterocycles. The maximum absolute atomic E-state index is 12.4. The van der Waals surface area contributed by atoms with Gasteiger partial charge in [0.05, 0.1) is 11.8 Å². The first-order valence-electron chi connectivity index (χ1n) is 12.2. The van der Waals surface area contributed by atoms with Crippen molar-refractivity contribution in [2.75, 3.05) is 0 Å². The van der Waals surface area contributed by atoms with Crippen LogP contribution in [0.5, 0.6) is 11.5 Å². The maximum Gasteiger partial charge on any atom is 0.314 e.